The van der Waals surface area contributed by atoms with Gasteiger partial charge in [-0.2, -0.15) is 0 Å². The average Bonchev–Trinajstić information content (AvgIpc) is 2.96. The van der Waals surface area contributed by atoms with Crippen LogP contribution in [0.4, 0.5) is 0 Å². The van der Waals surface area contributed by atoms with Crippen molar-refractivity contribution in [1.29, 1.82) is 0 Å². The van der Waals surface area contributed by atoms with E-state index in [0.717, 1.165) is 24.9 Å². The van der Waals surface area contributed by atoms with Gasteiger partial charge < -0.3 is 10.1 Å². The third-order valence-corrected chi connectivity index (χ3v) is 4.79. The Hall–Kier alpha value is -1.06. The number of likely N-dealkylation sites (tertiary alicyclic amines) is 1. The summed E-state index contributed by atoms with van der Waals surface area (Å²) in [5, 5.41) is 3.69. The number of benzene rings is 1. The van der Waals surface area contributed by atoms with Crippen molar-refractivity contribution in [2.75, 3.05) is 19.7 Å². The van der Waals surface area contributed by atoms with Crippen LogP contribution in [0.5, 0.6) is 5.75 Å². The molecule has 20 heavy (non-hydrogen) atoms. The molecule has 2 heterocycles. The summed E-state index contributed by atoms with van der Waals surface area (Å²) in [6, 6.07) is 10.1. The highest BCUT2D eigenvalue weighted by Crippen LogP contribution is 2.37. The third kappa shape index (κ3) is 2.45. The molecular formula is C17H26N2O. The van der Waals surface area contributed by atoms with Gasteiger partial charge in [-0.15, -0.1) is 0 Å². The number of nitrogens with one attached hydrogen (secondary N) is 1. The molecule has 1 aromatic carbocycles. The van der Waals surface area contributed by atoms with E-state index in [-0.39, 0.29) is 0 Å². The topological polar surface area (TPSA) is 24.5 Å². The summed E-state index contributed by atoms with van der Waals surface area (Å²) >= 11 is 0. The van der Waals surface area contributed by atoms with Crippen LogP contribution in [-0.2, 0) is 0 Å². The quantitative estimate of drug-likeness (QED) is 0.913. The first-order chi connectivity index (χ1) is 9.85. The van der Waals surface area contributed by atoms with E-state index in [2.05, 4.69) is 48.3 Å². The highest BCUT2D eigenvalue weighted by atomic mass is 16.5. The molecular weight excluding hydrogens is 248 g/mol. The monoisotopic (exact) mass is 274 g/mol. The van der Waals surface area contributed by atoms with Crippen molar-refractivity contribution < 1.29 is 4.74 Å². The lowest BCUT2D eigenvalue weighted by Gasteiger charge is -2.41. The van der Waals surface area contributed by atoms with Gasteiger partial charge in [0.15, 0.2) is 0 Å². The lowest BCUT2D eigenvalue weighted by molar-refractivity contribution is 0.0752. The lowest BCUT2D eigenvalue weighted by Crippen LogP contribution is -2.51. The molecule has 1 fully saturated rings. The second-order valence-corrected chi connectivity index (χ2v) is 5.89. The first kappa shape index (κ1) is 13.9. The molecule has 0 aliphatic carbocycles. The molecule has 0 saturated carbocycles. The molecule has 110 valence electrons. The Balaban J connectivity index is 1.88. The van der Waals surface area contributed by atoms with Crippen molar-refractivity contribution in [2.45, 2.75) is 51.2 Å². The zero-order valence-corrected chi connectivity index (χ0v) is 12.6. The Morgan fingerprint density at radius 2 is 2.15 bits per heavy atom. The molecule has 3 atom stereocenters. The molecule has 0 bridgehead atoms. The van der Waals surface area contributed by atoms with Crippen LogP contribution in [0.1, 0.15) is 44.7 Å². The minimum atomic E-state index is 0.400. The van der Waals surface area contributed by atoms with Gasteiger partial charge in [-0.25, -0.2) is 0 Å². The number of para-hydroxylation sites is 1. The van der Waals surface area contributed by atoms with Crippen molar-refractivity contribution >= 4 is 0 Å². The van der Waals surface area contributed by atoms with Crippen LogP contribution >= 0.6 is 0 Å². The van der Waals surface area contributed by atoms with Gasteiger partial charge in [0.05, 0.1) is 12.1 Å². The van der Waals surface area contributed by atoms with Gasteiger partial charge in [0.25, 0.3) is 0 Å². The summed E-state index contributed by atoms with van der Waals surface area (Å²) in [5.41, 5.74) is 1.33. The molecule has 0 aromatic heterocycles. The predicted octanol–water partition coefficient (Wildman–Crippen LogP) is 2.97. The van der Waals surface area contributed by atoms with E-state index >= 15 is 0 Å². The van der Waals surface area contributed by atoms with Crippen molar-refractivity contribution in [2.24, 2.45) is 0 Å². The smallest absolute Gasteiger partial charge is 0.124 e. The molecule has 1 aromatic rings. The lowest BCUT2D eigenvalue weighted by atomic mass is 9.94. The number of hydrogen-bond donors (Lipinski definition) is 1. The zero-order chi connectivity index (χ0) is 13.9. The summed E-state index contributed by atoms with van der Waals surface area (Å²) in [7, 11) is 0. The van der Waals surface area contributed by atoms with E-state index in [1.165, 1.54) is 31.4 Å². The molecule has 3 heteroatoms. The molecule has 3 nitrogen and oxygen atoms in total. The fraction of sp³-hybridized carbons (Fsp3) is 0.647. The maximum atomic E-state index is 6.04. The average molecular weight is 274 g/mol. The highest BCUT2D eigenvalue weighted by Gasteiger charge is 2.38. The normalized spacial score (nSPS) is 30.0. The predicted molar refractivity (Wildman–Crippen MR) is 82.2 cm³/mol. The Kier molecular flexibility index (Phi) is 4.27. The van der Waals surface area contributed by atoms with E-state index in [1.807, 2.05) is 0 Å². The Morgan fingerprint density at radius 3 is 2.95 bits per heavy atom. The second kappa shape index (κ2) is 6.15. The summed E-state index contributed by atoms with van der Waals surface area (Å²) in [6.45, 7) is 7.53. The Morgan fingerprint density at radius 1 is 1.30 bits per heavy atom. The van der Waals surface area contributed by atoms with Gasteiger partial charge >= 0.3 is 0 Å². The number of ether oxygens (including phenoxy) is 1. The summed E-state index contributed by atoms with van der Waals surface area (Å²) in [6.07, 6.45) is 3.92. The zero-order valence-electron chi connectivity index (χ0n) is 12.6. The SMILES string of the molecule is CCNC1c2ccccc2OCC1N1CCCC1CC. The number of hydrogen-bond acceptors (Lipinski definition) is 3. The minimum Gasteiger partial charge on any atom is -0.492 e. The Bertz CT molecular complexity index is 448. The van der Waals surface area contributed by atoms with Crippen LogP contribution in [-0.4, -0.2) is 36.7 Å². The van der Waals surface area contributed by atoms with Crippen LogP contribution < -0.4 is 10.1 Å². The van der Waals surface area contributed by atoms with E-state index in [9.17, 15) is 0 Å². The molecule has 3 rings (SSSR count). The summed E-state index contributed by atoms with van der Waals surface area (Å²) < 4.78 is 6.04. The van der Waals surface area contributed by atoms with Crippen molar-refractivity contribution in [1.82, 2.24) is 10.2 Å². The van der Waals surface area contributed by atoms with Gasteiger partial charge in [0.1, 0.15) is 12.4 Å². The highest BCUT2D eigenvalue weighted by molar-refractivity contribution is 5.39. The number of rotatable bonds is 4. The second-order valence-electron chi connectivity index (χ2n) is 5.89. The maximum absolute atomic E-state index is 6.04. The van der Waals surface area contributed by atoms with Gasteiger partial charge in [-0.3, -0.25) is 4.90 Å². The van der Waals surface area contributed by atoms with Crippen molar-refractivity contribution in [3.05, 3.63) is 29.8 Å². The van der Waals surface area contributed by atoms with Crippen molar-refractivity contribution in [3.63, 3.8) is 0 Å². The van der Waals surface area contributed by atoms with Gasteiger partial charge in [0, 0.05) is 11.6 Å². The molecule has 1 N–H and O–H groups in total. The summed E-state index contributed by atoms with van der Waals surface area (Å²) in [4.78, 5) is 2.68. The number of likely N-dealkylation sites (N-methyl/N-ethyl adjacent to an activating group) is 1. The van der Waals surface area contributed by atoms with Crippen LogP contribution in [0.3, 0.4) is 0 Å². The Labute approximate surface area is 122 Å². The third-order valence-electron chi connectivity index (χ3n) is 4.79. The largest absolute Gasteiger partial charge is 0.492 e. The van der Waals surface area contributed by atoms with E-state index in [4.69, 9.17) is 4.74 Å². The fourth-order valence-electron chi connectivity index (χ4n) is 3.83. The molecule has 2 aliphatic heterocycles. The van der Waals surface area contributed by atoms with Crippen LogP contribution in [0.25, 0.3) is 0 Å². The standard InChI is InChI=1S/C17H26N2O/c1-3-13-8-7-11-19(13)15-12-20-16-10-6-5-9-14(16)17(15)18-4-2/h5-6,9-10,13,15,17-18H,3-4,7-8,11-12H2,1-2H3. The first-order valence-electron chi connectivity index (χ1n) is 8.06. The maximum Gasteiger partial charge on any atom is 0.124 e. The summed E-state index contributed by atoms with van der Waals surface area (Å²) in [5.74, 6) is 1.06. The number of nitrogens with zero attached hydrogens (tertiary/aromatic N) is 1. The van der Waals surface area contributed by atoms with Gasteiger partial charge in [-0.1, -0.05) is 32.0 Å². The van der Waals surface area contributed by atoms with Crippen LogP contribution in [0.2, 0.25) is 0 Å². The fourth-order valence-corrected chi connectivity index (χ4v) is 3.83. The molecule has 3 unspecified atom stereocenters. The molecule has 0 amide bonds. The minimum absolute atomic E-state index is 0.400. The van der Waals surface area contributed by atoms with Gasteiger partial charge in [0.2, 0.25) is 0 Å². The van der Waals surface area contributed by atoms with E-state index in [1.54, 1.807) is 0 Å². The molecule has 1 saturated heterocycles. The van der Waals surface area contributed by atoms with E-state index < -0.39 is 0 Å². The van der Waals surface area contributed by atoms with Crippen LogP contribution in [0.15, 0.2) is 24.3 Å². The number of fused-ring (bicyclic) bond motifs is 1. The molecule has 0 spiro atoms. The van der Waals surface area contributed by atoms with Gasteiger partial charge in [-0.05, 0) is 38.4 Å². The van der Waals surface area contributed by atoms with Crippen molar-refractivity contribution in [3.8, 4) is 5.75 Å². The molecule has 2 aliphatic rings. The van der Waals surface area contributed by atoms with E-state index in [0.29, 0.717) is 12.1 Å². The molecule has 0 radical (unpaired) electrons. The first-order valence-corrected chi connectivity index (χ1v) is 8.06. The van der Waals surface area contributed by atoms with Crippen LogP contribution in [0, 0.1) is 0 Å².